The second-order valence-corrected chi connectivity index (χ2v) is 8.60. The minimum absolute atomic E-state index is 0.166. The van der Waals surface area contributed by atoms with Crippen LogP contribution < -0.4 is 15.6 Å². The first-order valence-corrected chi connectivity index (χ1v) is 10.9. The van der Waals surface area contributed by atoms with Crippen LogP contribution >= 0.6 is 0 Å². The molecule has 0 unspecified atom stereocenters. The molecule has 1 heterocycles. The number of anilines is 1. The summed E-state index contributed by atoms with van der Waals surface area (Å²) < 4.78 is 27.5. The SMILES string of the molecule is C=CCNS(=O)(=O)Cc1ccc(NC(=O)Cn2cnc3c(C)cccc3c2=O)cc1. The third-order valence-electron chi connectivity index (χ3n) is 4.41. The molecule has 0 bridgehead atoms. The van der Waals surface area contributed by atoms with Crippen LogP contribution in [-0.4, -0.2) is 30.4 Å². The molecular weight excluding hydrogens is 404 g/mol. The van der Waals surface area contributed by atoms with Crippen LogP contribution in [0.1, 0.15) is 11.1 Å². The van der Waals surface area contributed by atoms with Crippen molar-refractivity contribution in [1.82, 2.24) is 14.3 Å². The molecule has 3 rings (SSSR count). The first-order chi connectivity index (χ1) is 14.3. The highest BCUT2D eigenvalue weighted by Gasteiger charge is 2.12. The Bertz CT molecular complexity index is 1250. The lowest BCUT2D eigenvalue weighted by atomic mass is 10.1. The average Bonchev–Trinajstić information content (AvgIpc) is 2.70. The molecule has 1 aromatic heterocycles. The molecule has 3 aromatic rings. The zero-order valence-corrected chi connectivity index (χ0v) is 17.3. The van der Waals surface area contributed by atoms with Crippen molar-refractivity contribution in [3.63, 3.8) is 0 Å². The van der Waals surface area contributed by atoms with Gasteiger partial charge in [0.15, 0.2) is 0 Å². The molecule has 0 aliphatic heterocycles. The van der Waals surface area contributed by atoms with Crippen LogP contribution in [0.25, 0.3) is 10.9 Å². The number of hydrogen-bond donors (Lipinski definition) is 2. The van der Waals surface area contributed by atoms with Crippen LogP contribution in [0.3, 0.4) is 0 Å². The van der Waals surface area contributed by atoms with Gasteiger partial charge in [0.05, 0.1) is 23.0 Å². The van der Waals surface area contributed by atoms with E-state index < -0.39 is 10.0 Å². The maximum atomic E-state index is 12.6. The smallest absolute Gasteiger partial charge is 0.261 e. The van der Waals surface area contributed by atoms with Gasteiger partial charge in [-0.1, -0.05) is 30.3 Å². The highest BCUT2D eigenvalue weighted by atomic mass is 32.2. The van der Waals surface area contributed by atoms with Crippen molar-refractivity contribution >= 4 is 32.5 Å². The number of amides is 1. The molecule has 156 valence electrons. The van der Waals surface area contributed by atoms with E-state index in [1.54, 1.807) is 36.4 Å². The third kappa shape index (κ3) is 5.19. The number of hydrogen-bond acceptors (Lipinski definition) is 5. The molecule has 2 aromatic carbocycles. The Hall–Kier alpha value is -3.30. The lowest BCUT2D eigenvalue weighted by Crippen LogP contribution is -2.28. The van der Waals surface area contributed by atoms with Gasteiger partial charge in [0.2, 0.25) is 15.9 Å². The van der Waals surface area contributed by atoms with E-state index in [2.05, 4.69) is 21.6 Å². The Morgan fingerprint density at radius 3 is 2.63 bits per heavy atom. The first-order valence-electron chi connectivity index (χ1n) is 9.21. The summed E-state index contributed by atoms with van der Waals surface area (Å²) >= 11 is 0. The zero-order valence-electron chi connectivity index (χ0n) is 16.5. The summed E-state index contributed by atoms with van der Waals surface area (Å²) in [6, 6.07) is 11.8. The molecule has 0 radical (unpaired) electrons. The van der Waals surface area contributed by atoms with Crippen LogP contribution in [0.2, 0.25) is 0 Å². The van der Waals surface area contributed by atoms with Gasteiger partial charge in [-0.15, -0.1) is 6.58 Å². The number of fused-ring (bicyclic) bond motifs is 1. The molecule has 0 saturated heterocycles. The monoisotopic (exact) mass is 426 g/mol. The third-order valence-corrected chi connectivity index (χ3v) is 5.73. The average molecular weight is 426 g/mol. The van der Waals surface area contributed by atoms with Crippen LogP contribution in [-0.2, 0) is 27.1 Å². The second kappa shape index (κ2) is 9.02. The normalized spacial score (nSPS) is 11.4. The van der Waals surface area contributed by atoms with Gasteiger partial charge in [-0.25, -0.2) is 18.1 Å². The number of carbonyl (C=O) groups excluding carboxylic acids is 1. The Balaban J connectivity index is 1.67. The maximum absolute atomic E-state index is 12.6. The maximum Gasteiger partial charge on any atom is 0.261 e. The fraction of sp³-hybridized carbons (Fsp3) is 0.190. The quantitative estimate of drug-likeness (QED) is 0.535. The molecule has 0 aliphatic carbocycles. The molecule has 0 atom stereocenters. The van der Waals surface area contributed by atoms with E-state index in [1.807, 2.05) is 13.0 Å². The molecule has 0 fully saturated rings. The summed E-state index contributed by atoms with van der Waals surface area (Å²) in [7, 11) is -3.45. The number of aromatic nitrogens is 2. The highest BCUT2D eigenvalue weighted by molar-refractivity contribution is 7.88. The van der Waals surface area contributed by atoms with Gasteiger partial charge in [-0.3, -0.25) is 14.2 Å². The summed E-state index contributed by atoms with van der Waals surface area (Å²) in [5, 5.41) is 3.16. The van der Waals surface area contributed by atoms with Gasteiger partial charge in [-0.05, 0) is 36.2 Å². The van der Waals surface area contributed by atoms with Crippen LogP contribution in [0.4, 0.5) is 5.69 Å². The van der Waals surface area contributed by atoms with Gasteiger partial charge in [-0.2, -0.15) is 0 Å². The lowest BCUT2D eigenvalue weighted by molar-refractivity contribution is -0.116. The standard InChI is InChI=1S/C21H22N4O4S/c1-3-11-23-30(28,29)13-16-7-9-17(10-8-16)24-19(26)12-25-14-22-20-15(2)5-4-6-18(20)21(25)27/h3-10,14,23H,1,11-13H2,2H3,(H,24,26). The number of para-hydroxylation sites is 1. The molecular formula is C21H22N4O4S. The van der Waals surface area contributed by atoms with Crippen LogP contribution in [0.5, 0.6) is 0 Å². The van der Waals surface area contributed by atoms with Crippen molar-refractivity contribution in [2.45, 2.75) is 19.2 Å². The summed E-state index contributed by atoms with van der Waals surface area (Å²) in [6.45, 7) is 5.33. The fourth-order valence-electron chi connectivity index (χ4n) is 2.95. The molecule has 8 nitrogen and oxygen atoms in total. The number of carbonyl (C=O) groups is 1. The number of aryl methyl sites for hydroxylation is 1. The van der Waals surface area contributed by atoms with Crippen LogP contribution in [0, 0.1) is 6.92 Å². The lowest BCUT2D eigenvalue weighted by Gasteiger charge is -2.10. The van der Waals surface area contributed by atoms with Gasteiger partial charge < -0.3 is 5.32 Å². The Morgan fingerprint density at radius 2 is 1.93 bits per heavy atom. The zero-order chi connectivity index (χ0) is 21.7. The number of nitrogens with zero attached hydrogens (tertiary/aromatic N) is 2. The predicted molar refractivity (Wildman–Crippen MR) is 117 cm³/mol. The van der Waals surface area contributed by atoms with Crippen molar-refractivity contribution in [3.05, 3.63) is 82.9 Å². The van der Waals surface area contributed by atoms with E-state index in [0.717, 1.165) is 5.56 Å². The number of sulfonamides is 1. The largest absolute Gasteiger partial charge is 0.325 e. The van der Waals surface area contributed by atoms with Crippen molar-refractivity contribution in [2.75, 3.05) is 11.9 Å². The van der Waals surface area contributed by atoms with E-state index in [0.29, 0.717) is 22.2 Å². The van der Waals surface area contributed by atoms with Gasteiger partial charge >= 0.3 is 0 Å². The minimum atomic E-state index is -3.45. The predicted octanol–water partition coefficient (Wildman–Crippen LogP) is 1.95. The van der Waals surface area contributed by atoms with Crippen LogP contribution in [0.15, 0.2) is 66.2 Å². The van der Waals surface area contributed by atoms with Gasteiger partial charge in [0.1, 0.15) is 6.54 Å². The number of rotatable bonds is 8. The number of benzene rings is 2. The van der Waals surface area contributed by atoms with Gasteiger partial charge in [0.25, 0.3) is 5.56 Å². The van der Waals surface area contributed by atoms with E-state index in [-0.39, 0.29) is 30.3 Å². The number of nitrogens with one attached hydrogen (secondary N) is 2. The topological polar surface area (TPSA) is 110 Å². The first kappa shape index (κ1) is 21.4. The Morgan fingerprint density at radius 1 is 1.20 bits per heavy atom. The molecule has 0 spiro atoms. The summed E-state index contributed by atoms with van der Waals surface area (Å²) in [4.78, 5) is 29.2. The molecule has 0 saturated carbocycles. The van der Waals surface area contributed by atoms with Crippen molar-refractivity contribution in [3.8, 4) is 0 Å². The Kier molecular flexibility index (Phi) is 6.43. The second-order valence-electron chi connectivity index (χ2n) is 6.79. The summed E-state index contributed by atoms with van der Waals surface area (Å²) in [6.07, 6.45) is 2.83. The Labute approximate surface area is 174 Å². The fourth-order valence-corrected chi connectivity index (χ4v) is 4.05. The van der Waals surface area contributed by atoms with Crippen molar-refractivity contribution < 1.29 is 13.2 Å². The molecule has 2 N–H and O–H groups in total. The summed E-state index contributed by atoms with van der Waals surface area (Å²) in [5.74, 6) is -0.564. The van der Waals surface area contributed by atoms with E-state index >= 15 is 0 Å². The van der Waals surface area contributed by atoms with E-state index in [4.69, 9.17) is 0 Å². The molecule has 30 heavy (non-hydrogen) atoms. The molecule has 0 aliphatic rings. The van der Waals surface area contributed by atoms with Crippen molar-refractivity contribution in [1.29, 1.82) is 0 Å². The molecule has 1 amide bonds. The highest BCUT2D eigenvalue weighted by Crippen LogP contribution is 2.13. The minimum Gasteiger partial charge on any atom is -0.325 e. The summed E-state index contributed by atoms with van der Waals surface area (Å²) in [5.41, 5.74) is 2.30. The van der Waals surface area contributed by atoms with Gasteiger partial charge in [0, 0.05) is 12.2 Å². The van der Waals surface area contributed by atoms with Crippen molar-refractivity contribution in [2.24, 2.45) is 0 Å². The molecule has 9 heteroatoms. The van der Waals surface area contributed by atoms with E-state index in [9.17, 15) is 18.0 Å². The van der Waals surface area contributed by atoms with E-state index in [1.165, 1.54) is 17.0 Å².